The Balaban J connectivity index is 2.13. The minimum Gasteiger partial charge on any atom is -0.365 e. The van der Waals surface area contributed by atoms with Crippen LogP contribution in [0.15, 0.2) is 12.2 Å². The molecule has 1 heterocycles. The Kier molecular flexibility index (Phi) is 3.37. The van der Waals surface area contributed by atoms with Crippen LogP contribution in [-0.4, -0.2) is 12.2 Å². The van der Waals surface area contributed by atoms with Gasteiger partial charge in [-0.05, 0) is 25.5 Å². The van der Waals surface area contributed by atoms with Gasteiger partial charge in [0.25, 0.3) is 0 Å². The molecule has 1 heteroatoms. The average Bonchev–Trinajstić information content (AvgIpc) is 2.77. The first-order valence-electron chi connectivity index (χ1n) is 4.57. The molecule has 0 aromatic carbocycles. The third-order valence-electron chi connectivity index (χ3n) is 1.88. The van der Waals surface area contributed by atoms with Crippen LogP contribution in [0.1, 0.15) is 33.1 Å². The molecule has 66 valence electrons. The Hall–Kier alpha value is -0.740. The summed E-state index contributed by atoms with van der Waals surface area (Å²) in [6.07, 6.45) is 7.38. The summed E-state index contributed by atoms with van der Waals surface area (Å²) in [6.45, 7) is 5.09. The summed E-state index contributed by atoms with van der Waals surface area (Å²) in [4.78, 5) is 0. The van der Waals surface area contributed by atoms with Crippen LogP contribution in [-0.2, 0) is 4.74 Å². The van der Waals surface area contributed by atoms with Gasteiger partial charge >= 0.3 is 0 Å². The molecule has 1 aliphatic heterocycles. The first-order chi connectivity index (χ1) is 5.77. The van der Waals surface area contributed by atoms with E-state index < -0.39 is 0 Å². The van der Waals surface area contributed by atoms with Gasteiger partial charge in [-0.2, -0.15) is 0 Å². The zero-order valence-electron chi connectivity index (χ0n) is 7.89. The lowest BCUT2D eigenvalue weighted by atomic mass is 10.2. The number of rotatable bonds is 3. The second kappa shape index (κ2) is 4.33. The van der Waals surface area contributed by atoms with Gasteiger partial charge in [-0.25, -0.2) is 0 Å². The van der Waals surface area contributed by atoms with Gasteiger partial charge in [0.1, 0.15) is 5.60 Å². The summed E-state index contributed by atoms with van der Waals surface area (Å²) in [5, 5.41) is 0. The maximum Gasteiger partial charge on any atom is 0.108 e. The van der Waals surface area contributed by atoms with E-state index in [0.29, 0.717) is 0 Å². The predicted molar refractivity (Wildman–Crippen MR) is 50.8 cm³/mol. The van der Waals surface area contributed by atoms with Gasteiger partial charge in [0.2, 0.25) is 0 Å². The highest BCUT2D eigenvalue weighted by Crippen LogP contribution is 2.26. The fourth-order valence-electron chi connectivity index (χ4n) is 0.824. The van der Waals surface area contributed by atoms with Crippen molar-refractivity contribution >= 4 is 0 Å². The Bertz CT molecular complexity index is 213. The zero-order chi connectivity index (χ0) is 8.86. The molecule has 1 saturated heterocycles. The normalized spacial score (nSPS) is 26.8. The monoisotopic (exact) mass is 164 g/mol. The van der Waals surface area contributed by atoms with E-state index in [9.17, 15) is 0 Å². The van der Waals surface area contributed by atoms with Crippen LogP contribution in [0, 0.1) is 11.8 Å². The molecule has 0 aromatic heterocycles. The van der Waals surface area contributed by atoms with Crippen LogP contribution in [0.3, 0.4) is 0 Å². The number of epoxide rings is 1. The van der Waals surface area contributed by atoms with Crippen LogP contribution in [0.5, 0.6) is 0 Å². The van der Waals surface area contributed by atoms with Crippen LogP contribution < -0.4 is 0 Å². The smallest absolute Gasteiger partial charge is 0.108 e. The van der Waals surface area contributed by atoms with Gasteiger partial charge in [0, 0.05) is 6.42 Å². The lowest BCUT2D eigenvalue weighted by molar-refractivity contribution is 0.370. The Morgan fingerprint density at radius 1 is 1.58 bits per heavy atom. The number of unbranched alkanes of at least 4 members (excludes halogenated alkanes) is 2. The first kappa shape index (κ1) is 9.35. The molecule has 0 saturated carbocycles. The summed E-state index contributed by atoms with van der Waals surface area (Å²) in [5.41, 5.74) is 0.0133. The van der Waals surface area contributed by atoms with Crippen molar-refractivity contribution < 1.29 is 4.74 Å². The summed E-state index contributed by atoms with van der Waals surface area (Å²) in [7, 11) is 0. The van der Waals surface area contributed by atoms with Gasteiger partial charge < -0.3 is 4.74 Å². The zero-order valence-corrected chi connectivity index (χ0v) is 7.89. The molecule has 0 N–H and O–H groups in total. The summed E-state index contributed by atoms with van der Waals surface area (Å²) in [5.74, 6) is 6.10. The summed E-state index contributed by atoms with van der Waals surface area (Å²) >= 11 is 0. The molecule has 0 aliphatic carbocycles. The molecule has 1 aliphatic rings. The molecule has 1 fully saturated rings. The third-order valence-corrected chi connectivity index (χ3v) is 1.88. The topological polar surface area (TPSA) is 12.5 Å². The molecule has 0 amide bonds. The van der Waals surface area contributed by atoms with Crippen LogP contribution in [0.4, 0.5) is 0 Å². The average molecular weight is 164 g/mol. The highest BCUT2D eigenvalue weighted by Gasteiger charge is 2.35. The Morgan fingerprint density at radius 3 is 2.92 bits per heavy atom. The van der Waals surface area contributed by atoms with E-state index >= 15 is 0 Å². The van der Waals surface area contributed by atoms with Crippen molar-refractivity contribution in [3.63, 3.8) is 0 Å². The van der Waals surface area contributed by atoms with Crippen molar-refractivity contribution in [2.75, 3.05) is 6.61 Å². The van der Waals surface area contributed by atoms with Crippen LogP contribution in [0.25, 0.3) is 0 Å². The van der Waals surface area contributed by atoms with Crippen molar-refractivity contribution in [1.29, 1.82) is 0 Å². The Morgan fingerprint density at radius 2 is 2.33 bits per heavy atom. The lowest BCUT2D eigenvalue weighted by Gasteiger charge is -1.89. The largest absolute Gasteiger partial charge is 0.365 e. The molecule has 1 rings (SSSR count). The van der Waals surface area contributed by atoms with Gasteiger partial charge in [0.05, 0.1) is 6.61 Å². The SMILES string of the molecule is CCCCC#C/C=C/C1(C)CO1. The highest BCUT2D eigenvalue weighted by atomic mass is 16.6. The van der Waals surface area contributed by atoms with E-state index in [4.69, 9.17) is 4.74 Å². The highest BCUT2D eigenvalue weighted by molar-refractivity contribution is 5.20. The molecule has 1 nitrogen and oxygen atoms in total. The maximum absolute atomic E-state index is 5.17. The third kappa shape index (κ3) is 3.59. The molecule has 0 aromatic rings. The quantitative estimate of drug-likeness (QED) is 0.355. The van der Waals surface area contributed by atoms with E-state index in [0.717, 1.165) is 13.0 Å². The number of hydrogen-bond donors (Lipinski definition) is 0. The number of hydrogen-bond acceptors (Lipinski definition) is 1. The molecule has 0 spiro atoms. The second-order valence-corrected chi connectivity index (χ2v) is 3.36. The van der Waals surface area contributed by atoms with Gasteiger partial charge in [-0.3, -0.25) is 0 Å². The number of allylic oxidation sites excluding steroid dienone is 1. The molecular formula is C11H16O. The van der Waals surface area contributed by atoms with Crippen molar-refractivity contribution in [1.82, 2.24) is 0 Å². The fraction of sp³-hybridized carbons (Fsp3) is 0.636. The molecule has 12 heavy (non-hydrogen) atoms. The first-order valence-corrected chi connectivity index (χ1v) is 4.57. The molecular weight excluding hydrogens is 148 g/mol. The molecule has 0 bridgehead atoms. The lowest BCUT2D eigenvalue weighted by Crippen LogP contribution is -1.95. The van der Waals surface area contributed by atoms with Gasteiger partial charge in [0.15, 0.2) is 0 Å². The van der Waals surface area contributed by atoms with E-state index in [1.807, 2.05) is 12.2 Å². The van der Waals surface area contributed by atoms with Gasteiger partial charge in [-0.1, -0.05) is 25.2 Å². The van der Waals surface area contributed by atoms with Crippen molar-refractivity contribution in [2.24, 2.45) is 0 Å². The van der Waals surface area contributed by atoms with E-state index in [1.54, 1.807) is 0 Å². The van der Waals surface area contributed by atoms with Crippen molar-refractivity contribution in [2.45, 2.75) is 38.7 Å². The fourth-order valence-corrected chi connectivity index (χ4v) is 0.824. The van der Waals surface area contributed by atoms with Crippen LogP contribution in [0.2, 0.25) is 0 Å². The van der Waals surface area contributed by atoms with Gasteiger partial charge in [-0.15, -0.1) is 0 Å². The standard InChI is InChI=1S/C11H16O/c1-3-4-5-6-7-8-9-11(2)10-12-11/h8-9H,3-5,10H2,1-2H3/b9-8+. The summed E-state index contributed by atoms with van der Waals surface area (Å²) < 4.78 is 5.17. The molecule has 1 unspecified atom stereocenters. The minimum absolute atomic E-state index is 0.0133. The van der Waals surface area contributed by atoms with E-state index in [2.05, 4.69) is 25.7 Å². The van der Waals surface area contributed by atoms with E-state index in [1.165, 1.54) is 12.8 Å². The van der Waals surface area contributed by atoms with Crippen LogP contribution >= 0.6 is 0 Å². The molecule has 1 atom stereocenters. The van der Waals surface area contributed by atoms with E-state index in [-0.39, 0.29) is 5.60 Å². The van der Waals surface area contributed by atoms with Crippen molar-refractivity contribution in [3.05, 3.63) is 12.2 Å². The number of ether oxygens (including phenoxy) is 1. The molecule has 0 radical (unpaired) electrons. The Labute approximate surface area is 74.8 Å². The summed E-state index contributed by atoms with van der Waals surface area (Å²) in [6, 6.07) is 0. The minimum atomic E-state index is 0.0133. The second-order valence-electron chi connectivity index (χ2n) is 3.36. The maximum atomic E-state index is 5.17. The van der Waals surface area contributed by atoms with Crippen molar-refractivity contribution in [3.8, 4) is 11.8 Å². The predicted octanol–water partition coefficient (Wildman–Crippen LogP) is 2.53.